The maximum atomic E-state index is 9.92. The van der Waals surface area contributed by atoms with Gasteiger partial charge in [0.15, 0.2) is 18.9 Å². The van der Waals surface area contributed by atoms with Crippen molar-refractivity contribution in [2.45, 2.75) is 19.6 Å². The number of aliphatic hydroxyl groups is 1. The first kappa shape index (κ1) is 13.4. The molecular formula is C12H14BrNOS. The molecule has 0 saturated heterocycles. The zero-order valence-electron chi connectivity index (χ0n) is 9.01. The molecule has 16 heavy (non-hydrogen) atoms. The van der Waals surface area contributed by atoms with Gasteiger partial charge in [-0.25, -0.2) is 4.57 Å². The minimum atomic E-state index is -0.413. The van der Waals surface area contributed by atoms with Gasteiger partial charge in [-0.05, 0) is 34.9 Å². The van der Waals surface area contributed by atoms with Gasteiger partial charge in [-0.1, -0.05) is 0 Å². The highest BCUT2D eigenvalue weighted by atomic mass is 79.9. The van der Waals surface area contributed by atoms with Crippen LogP contribution in [0.1, 0.15) is 17.2 Å². The number of thiophene rings is 1. The first-order valence-corrected chi connectivity index (χ1v) is 5.86. The van der Waals surface area contributed by atoms with Crippen LogP contribution < -0.4 is 21.5 Å². The molecule has 4 heteroatoms. The number of rotatable bonds is 3. The smallest absolute Gasteiger partial charge is 0.178 e. The summed E-state index contributed by atoms with van der Waals surface area (Å²) in [4.78, 5) is 0. The van der Waals surface area contributed by atoms with E-state index < -0.39 is 6.10 Å². The first-order chi connectivity index (χ1) is 7.25. The van der Waals surface area contributed by atoms with E-state index in [9.17, 15) is 5.11 Å². The average Bonchev–Trinajstić information content (AvgIpc) is 2.74. The molecule has 2 aromatic rings. The summed E-state index contributed by atoms with van der Waals surface area (Å²) in [6, 6.07) is 6.05. The fourth-order valence-corrected chi connectivity index (χ4v) is 2.13. The molecule has 0 spiro atoms. The van der Waals surface area contributed by atoms with Crippen LogP contribution in [0.2, 0.25) is 0 Å². The Balaban J connectivity index is 0.00000128. The molecule has 1 N–H and O–H groups in total. The van der Waals surface area contributed by atoms with E-state index in [2.05, 4.69) is 6.92 Å². The van der Waals surface area contributed by atoms with Crippen LogP contribution in [0.15, 0.2) is 41.4 Å². The van der Waals surface area contributed by atoms with Crippen LogP contribution in [0.4, 0.5) is 0 Å². The number of halogens is 1. The van der Waals surface area contributed by atoms with Gasteiger partial charge in [0.1, 0.15) is 6.10 Å². The number of aromatic nitrogens is 1. The van der Waals surface area contributed by atoms with Gasteiger partial charge in [0.25, 0.3) is 0 Å². The van der Waals surface area contributed by atoms with Crippen LogP contribution >= 0.6 is 11.3 Å². The lowest BCUT2D eigenvalue weighted by Crippen LogP contribution is -3.00. The summed E-state index contributed by atoms with van der Waals surface area (Å²) in [5.41, 5.74) is 2.23. The van der Waals surface area contributed by atoms with Gasteiger partial charge >= 0.3 is 0 Å². The summed E-state index contributed by atoms with van der Waals surface area (Å²) in [6.45, 7) is 2.66. The molecule has 0 radical (unpaired) electrons. The van der Waals surface area contributed by atoms with Crippen LogP contribution in [-0.4, -0.2) is 5.11 Å². The third-order valence-electron chi connectivity index (χ3n) is 2.37. The van der Waals surface area contributed by atoms with Gasteiger partial charge in [-0.3, -0.25) is 0 Å². The molecule has 2 rings (SSSR count). The largest absolute Gasteiger partial charge is 1.00 e. The Bertz CT molecular complexity index is 413. The van der Waals surface area contributed by atoms with Gasteiger partial charge in [0.2, 0.25) is 0 Å². The summed E-state index contributed by atoms with van der Waals surface area (Å²) in [5.74, 6) is 0. The van der Waals surface area contributed by atoms with E-state index in [-0.39, 0.29) is 17.0 Å². The van der Waals surface area contributed by atoms with Crippen molar-refractivity contribution in [1.82, 2.24) is 0 Å². The second kappa shape index (κ2) is 6.13. The van der Waals surface area contributed by atoms with Crippen molar-refractivity contribution in [3.05, 3.63) is 52.5 Å². The van der Waals surface area contributed by atoms with Crippen molar-refractivity contribution in [2.24, 2.45) is 0 Å². The quantitative estimate of drug-likeness (QED) is 0.729. The average molecular weight is 300 g/mol. The van der Waals surface area contributed by atoms with Crippen molar-refractivity contribution in [3.8, 4) is 0 Å². The molecule has 1 unspecified atom stereocenters. The third-order valence-corrected chi connectivity index (χ3v) is 3.07. The van der Waals surface area contributed by atoms with E-state index in [1.54, 1.807) is 11.3 Å². The molecule has 0 saturated carbocycles. The SMILES string of the molecule is Cc1cc[n+](CC(O)c2ccsc2)cc1.[Br-]. The summed E-state index contributed by atoms with van der Waals surface area (Å²) in [7, 11) is 0. The summed E-state index contributed by atoms with van der Waals surface area (Å²) in [6.07, 6.45) is 3.57. The Morgan fingerprint density at radius 2 is 2.00 bits per heavy atom. The summed E-state index contributed by atoms with van der Waals surface area (Å²) < 4.78 is 2.00. The molecule has 0 bridgehead atoms. The minimum absolute atomic E-state index is 0. The standard InChI is InChI=1S/C12H14NOS.BrH/c1-10-2-5-13(6-3-10)8-12(14)11-4-7-15-9-11;/h2-7,9,12,14H,8H2,1H3;1H/q+1;/p-1. The van der Waals surface area contributed by atoms with Crippen molar-refractivity contribution >= 4 is 11.3 Å². The first-order valence-electron chi connectivity index (χ1n) is 4.91. The Hall–Kier alpha value is -0.710. The van der Waals surface area contributed by atoms with E-state index in [1.807, 2.05) is 45.9 Å². The molecule has 0 aliphatic carbocycles. The van der Waals surface area contributed by atoms with Crippen molar-refractivity contribution in [2.75, 3.05) is 0 Å². The summed E-state index contributed by atoms with van der Waals surface area (Å²) >= 11 is 1.61. The number of aliphatic hydroxyl groups excluding tert-OH is 1. The molecule has 0 amide bonds. The fourth-order valence-electron chi connectivity index (χ4n) is 1.42. The Morgan fingerprint density at radius 1 is 1.31 bits per heavy atom. The van der Waals surface area contributed by atoms with E-state index >= 15 is 0 Å². The molecule has 2 nitrogen and oxygen atoms in total. The number of hydrogen-bond acceptors (Lipinski definition) is 2. The van der Waals surface area contributed by atoms with Crippen molar-refractivity contribution in [3.63, 3.8) is 0 Å². The lowest BCUT2D eigenvalue weighted by atomic mass is 10.2. The number of hydrogen-bond donors (Lipinski definition) is 1. The van der Waals surface area contributed by atoms with Gasteiger partial charge in [-0.15, -0.1) is 0 Å². The van der Waals surface area contributed by atoms with E-state index in [1.165, 1.54) is 5.56 Å². The zero-order chi connectivity index (χ0) is 10.7. The second-order valence-corrected chi connectivity index (χ2v) is 4.42. The highest BCUT2D eigenvalue weighted by Gasteiger charge is 2.12. The molecule has 2 heterocycles. The molecule has 2 aromatic heterocycles. The van der Waals surface area contributed by atoms with E-state index in [4.69, 9.17) is 0 Å². The zero-order valence-corrected chi connectivity index (χ0v) is 11.4. The molecule has 0 aliphatic rings. The Morgan fingerprint density at radius 3 is 2.56 bits per heavy atom. The molecular weight excluding hydrogens is 286 g/mol. The normalized spacial score (nSPS) is 11.9. The number of aryl methyl sites for hydroxylation is 1. The maximum absolute atomic E-state index is 9.92. The lowest BCUT2D eigenvalue weighted by Gasteiger charge is -2.04. The van der Waals surface area contributed by atoms with Crippen LogP contribution in [0.5, 0.6) is 0 Å². The van der Waals surface area contributed by atoms with Crippen LogP contribution in [0, 0.1) is 6.92 Å². The number of nitrogens with zero attached hydrogens (tertiary/aromatic N) is 1. The predicted molar refractivity (Wildman–Crippen MR) is 60.7 cm³/mol. The van der Waals surface area contributed by atoms with Crippen LogP contribution in [0.25, 0.3) is 0 Å². The Labute approximate surface area is 110 Å². The third kappa shape index (κ3) is 3.40. The highest BCUT2D eigenvalue weighted by molar-refractivity contribution is 7.07. The maximum Gasteiger partial charge on any atom is 0.178 e. The molecule has 0 aromatic carbocycles. The highest BCUT2D eigenvalue weighted by Crippen LogP contribution is 2.15. The van der Waals surface area contributed by atoms with Gasteiger partial charge in [-0.2, -0.15) is 11.3 Å². The molecule has 0 fully saturated rings. The molecule has 86 valence electrons. The van der Waals surface area contributed by atoms with Crippen molar-refractivity contribution < 1.29 is 26.7 Å². The van der Waals surface area contributed by atoms with Gasteiger partial charge in [0, 0.05) is 12.1 Å². The fraction of sp³-hybridized carbons (Fsp3) is 0.250. The van der Waals surface area contributed by atoms with Crippen LogP contribution in [-0.2, 0) is 6.54 Å². The predicted octanol–water partition coefficient (Wildman–Crippen LogP) is -0.918. The van der Waals surface area contributed by atoms with E-state index in [0.29, 0.717) is 6.54 Å². The molecule has 0 aliphatic heterocycles. The lowest BCUT2D eigenvalue weighted by molar-refractivity contribution is -0.704. The van der Waals surface area contributed by atoms with Gasteiger partial charge in [0.05, 0.1) is 0 Å². The van der Waals surface area contributed by atoms with Crippen molar-refractivity contribution in [1.29, 1.82) is 0 Å². The Kier molecular flexibility index (Phi) is 5.12. The summed E-state index contributed by atoms with van der Waals surface area (Å²) in [5, 5.41) is 13.9. The van der Waals surface area contributed by atoms with Gasteiger partial charge < -0.3 is 22.1 Å². The van der Waals surface area contributed by atoms with E-state index in [0.717, 1.165) is 5.56 Å². The minimum Gasteiger partial charge on any atom is -1.00 e. The van der Waals surface area contributed by atoms with Crippen LogP contribution in [0.3, 0.4) is 0 Å². The monoisotopic (exact) mass is 299 g/mol. The molecule has 1 atom stereocenters. The topological polar surface area (TPSA) is 24.1 Å². The second-order valence-electron chi connectivity index (χ2n) is 3.64. The number of pyridine rings is 1.